The van der Waals surface area contributed by atoms with Gasteiger partial charge in [-0.2, -0.15) is 0 Å². The molecule has 0 saturated heterocycles. The second-order valence-corrected chi connectivity index (χ2v) is 2.21. The average Bonchev–Trinajstić information content (AvgIpc) is 1.80. The highest BCUT2D eigenvalue weighted by molar-refractivity contribution is 9.10. The van der Waals surface area contributed by atoms with Crippen molar-refractivity contribution in [1.82, 2.24) is 10.2 Å². The molecule has 48 valence electrons. The summed E-state index contributed by atoms with van der Waals surface area (Å²) in [7, 11) is 0. The van der Waals surface area contributed by atoms with Crippen molar-refractivity contribution in [2.75, 3.05) is 5.73 Å². The lowest BCUT2D eigenvalue weighted by molar-refractivity contribution is 0.619. The van der Waals surface area contributed by atoms with Crippen molar-refractivity contribution in [1.29, 1.82) is 0 Å². The molecule has 0 aliphatic carbocycles. The molecule has 9 heavy (non-hydrogen) atoms. The second kappa shape index (κ2) is 2.26. The predicted molar refractivity (Wildman–Crippen MR) is 34.1 cm³/mol. The quantitative estimate of drug-likeness (QED) is 0.665. The summed E-state index contributed by atoms with van der Waals surface area (Å²) in [5, 5.41) is 6.73. The molecule has 0 fully saturated rings. The van der Waals surface area contributed by atoms with Crippen LogP contribution in [0.1, 0.15) is 0 Å². The van der Waals surface area contributed by atoms with E-state index in [1.165, 1.54) is 0 Å². The van der Waals surface area contributed by atoms with E-state index in [2.05, 4.69) is 26.1 Å². The molecule has 0 bridgehead atoms. The van der Waals surface area contributed by atoms with Gasteiger partial charge in [0.15, 0.2) is 11.6 Å². The van der Waals surface area contributed by atoms with Gasteiger partial charge in [-0.3, -0.25) is 0 Å². The first-order valence-corrected chi connectivity index (χ1v) is 2.93. The van der Waals surface area contributed by atoms with Crippen LogP contribution in [0.2, 0.25) is 0 Å². The summed E-state index contributed by atoms with van der Waals surface area (Å²) < 4.78 is 12.7. The topological polar surface area (TPSA) is 51.8 Å². The summed E-state index contributed by atoms with van der Waals surface area (Å²) in [6.07, 6.45) is 0. The van der Waals surface area contributed by atoms with Crippen LogP contribution in [-0.2, 0) is 0 Å². The van der Waals surface area contributed by atoms with Gasteiger partial charge in [-0.15, -0.1) is 10.2 Å². The van der Waals surface area contributed by atoms with Crippen molar-refractivity contribution in [2.24, 2.45) is 0 Å². The molecule has 1 rings (SSSR count). The van der Waals surface area contributed by atoms with E-state index in [4.69, 9.17) is 5.73 Å². The lowest BCUT2D eigenvalue weighted by Crippen LogP contribution is -1.96. The van der Waals surface area contributed by atoms with Crippen LogP contribution >= 0.6 is 15.9 Å². The Balaban J connectivity index is 3.17. The fourth-order valence-electron chi connectivity index (χ4n) is 0.357. The van der Waals surface area contributed by atoms with E-state index in [1.807, 2.05) is 0 Å². The Morgan fingerprint density at radius 1 is 1.56 bits per heavy atom. The molecule has 5 heteroatoms. The molecule has 3 nitrogen and oxygen atoms in total. The SMILES string of the molecule is Nc1nnc(Br)cc1F. The molecule has 2 N–H and O–H groups in total. The van der Waals surface area contributed by atoms with Gasteiger partial charge in [0.1, 0.15) is 4.60 Å². The first-order valence-electron chi connectivity index (χ1n) is 2.14. The molecular formula is C4H3BrFN3. The third-order valence-electron chi connectivity index (χ3n) is 0.744. The van der Waals surface area contributed by atoms with Gasteiger partial charge in [-0.25, -0.2) is 4.39 Å². The molecule has 1 heterocycles. The molecule has 0 aromatic carbocycles. The van der Waals surface area contributed by atoms with Crippen LogP contribution < -0.4 is 5.73 Å². The molecule has 0 radical (unpaired) electrons. The second-order valence-electron chi connectivity index (χ2n) is 1.40. The smallest absolute Gasteiger partial charge is 0.182 e. The van der Waals surface area contributed by atoms with Crippen LogP contribution in [-0.4, -0.2) is 10.2 Å². The summed E-state index contributed by atoms with van der Waals surface area (Å²) in [6.45, 7) is 0. The third kappa shape index (κ3) is 1.35. The standard InChI is InChI=1S/C4H3BrFN3/c5-3-1-2(6)4(7)9-8-3/h1H,(H2,7,9). The zero-order valence-electron chi connectivity index (χ0n) is 4.31. The Morgan fingerprint density at radius 2 is 2.22 bits per heavy atom. The third-order valence-corrected chi connectivity index (χ3v) is 1.13. The average molecular weight is 192 g/mol. The number of hydrogen-bond donors (Lipinski definition) is 1. The van der Waals surface area contributed by atoms with Gasteiger partial charge in [-0.05, 0) is 15.9 Å². The van der Waals surface area contributed by atoms with E-state index < -0.39 is 5.82 Å². The van der Waals surface area contributed by atoms with Gasteiger partial charge >= 0.3 is 0 Å². The van der Waals surface area contributed by atoms with Gasteiger partial charge in [0, 0.05) is 6.07 Å². The number of rotatable bonds is 0. The van der Waals surface area contributed by atoms with E-state index in [0.717, 1.165) is 6.07 Å². The van der Waals surface area contributed by atoms with Gasteiger partial charge in [0.25, 0.3) is 0 Å². The fraction of sp³-hybridized carbons (Fsp3) is 0. The van der Waals surface area contributed by atoms with E-state index in [9.17, 15) is 4.39 Å². The lowest BCUT2D eigenvalue weighted by atomic mass is 10.5. The molecule has 1 aromatic rings. The monoisotopic (exact) mass is 191 g/mol. The predicted octanol–water partition coefficient (Wildman–Crippen LogP) is 0.960. The molecule has 0 spiro atoms. The Morgan fingerprint density at radius 3 is 2.67 bits per heavy atom. The molecule has 0 unspecified atom stereocenters. The summed E-state index contributed by atoms with van der Waals surface area (Å²) in [5.74, 6) is -0.741. The number of nitrogens with zero attached hydrogens (tertiary/aromatic N) is 2. The van der Waals surface area contributed by atoms with Gasteiger partial charge in [0.2, 0.25) is 0 Å². The largest absolute Gasteiger partial charge is 0.380 e. The van der Waals surface area contributed by atoms with Gasteiger partial charge in [-0.1, -0.05) is 0 Å². The maximum atomic E-state index is 12.3. The van der Waals surface area contributed by atoms with Gasteiger partial charge in [0.05, 0.1) is 0 Å². The van der Waals surface area contributed by atoms with Crippen LogP contribution in [0.4, 0.5) is 10.2 Å². The molecule has 0 aliphatic rings. The Labute approximate surface area is 59.2 Å². The van der Waals surface area contributed by atoms with Crippen LogP contribution in [0.15, 0.2) is 10.7 Å². The highest BCUT2D eigenvalue weighted by Crippen LogP contribution is 2.09. The van der Waals surface area contributed by atoms with Crippen LogP contribution in [0.3, 0.4) is 0 Å². The minimum atomic E-state index is -0.558. The zero-order valence-corrected chi connectivity index (χ0v) is 5.89. The Kier molecular flexibility index (Phi) is 1.61. The zero-order chi connectivity index (χ0) is 6.85. The van der Waals surface area contributed by atoms with E-state index in [-0.39, 0.29) is 5.82 Å². The molecule has 1 aromatic heterocycles. The minimum absolute atomic E-state index is 0.182. The number of hydrogen-bond acceptors (Lipinski definition) is 3. The van der Waals surface area contributed by atoms with E-state index in [1.54, 1.807) is 0 Å². The number of nitrogen functional groups attached to an aromatic ring is 1. The number of nitrogens with two attached hydrogens (primary N) is 1. The maximum Gasteiger partial charge on any atom is 0.182 e. The molecule has 0 atom stereocenters. The minimum Gasteiger partial charge on any atom is -0.380 e. The normalized spacial score (nSPS) is 9.56. The number of aromatic nitrogens is 2. The van der Waals surface area contributed by atoms with Crippen molar-refractivity contribution < 1.29 is 4.39 Å². The van der Waals surface area contributed by atoms with Gasteiger partial charge < -0.3 is 5.73 Å². The Bertz CT molecular complexity index is 227. The molecular weight excluding hydrogens is 189 g/mol. The van der Waals surface area contributed by atoms with Crippen LogP contribution in [0.25, 0.3) is 0 Å². The number of halogens is 2. The van der Waals surface area contributed by atoms with Crippen molar-refractivity contribution in [3.8, 4) is 0 Å². The van der Waals surface area contributed by atoms with Crippen molar-refractivity contribution in [2.45, 2.75) is 0 Å². The number of anilines is 1. The van der Waals surface area contributed by atoms with Crippen molar-refractivity contribution in [3.05, 3.63) is 16.5 Å². The molecule has 0 saturated carbocycles. The first-order chi connectivity index (χ1) is 4.20. The maximum absolute atomic E-state index is 12.3. The first kappa shape index (κ1) is 6.41. The summed E-state index contributed by atoms with van der Waals surface area (Å²) in [4.78, 5) is 0. The lowest BCUT2D eigenvalue weighted by Gasteiger charge is -1.91. The van der Waals surface area contributed by atoms with Crippen molar-refractivity contribution in [3.63, 3.8) is 0 Å². The molecule has 0 aliphatic heterocycles. The summed E-state index contributed by atoms with van der Waals surface area (Å²) in [5.41, 5.74) is 5.02. The van der Waals surface area contributed by atoms with Crippen LogP contribution in [0, 0.1) is 5.82 Å². The van der Waals surface area contributed by atoms with Crippen LogP contribution in [0.5, 0.6) is 0 Å². The molecule has 0 amide bonds. The summed E-state index contributed by atoms with van der Waals surface area (Å²) >= 11 is 2.93. The highest BCUT2D eigenvalue weighted by atomic mass is 79.9. The van der Waals surface area contributed by atoms with Crippen molar-refractivity contribution >= 4 is 21.7 Å². The van der Waals surface area contributed by atoms with E-state index in [0.29, 0.717) is 4.60 Å². The Hall–Kier alpha value is -0.710. The fourth-order valence-corrected chi connectivity index (χ4v) is 0.637. The highest BCUT2D eigenvalue weighted by Gasteiger charge is 1.98. The van der Waals surface area contributed by atoms with E-state index >= 15 is 0 Å². The summed E-state index contributed by atoms with van der Waals surface area (Å²) in [6, 6.07) is 1.16.